The van der Waals surface area contributed by atoms with Crippen molar-refractivity contribution in [2.45, 2.75) is 38.1 Å². The standard InChI is InChI=1S/C18H21NO2/c20-16(18-11-14-5-1-2-9-17(14)21-18)12-19-10-4-7-13-6-3-8-15(13)19/h1-2,5,9,11,13,15H,3-4,6-8,10,12H2. The topological polar surface area (TPSA) is 33.5 Å². The number of rotatable bonds is 3. The lowest BCUT2D eigenvalue weighted by Crippen LogP contribution is -2.45. The fourth-order valence-corrected chi connectivity index (χ4v) is 4.14. The molecule has 3 heteroatoms. The van der Waals surface area contributed by atoms with E-state index < -0.39 is 0 Å². The molecule has 0 amide bonds. The number of hydrogen-bond acceptors (Lipinski definition) is 3. The van der Waals surface area contributed by atoms with Gasteiger partial charge in [-0.1, -0.05) is 24.6 Å². The van der Waals surface area contributed by atoms with Crippen LogP contribution in [0.15, 0.2) is 34.7 Å². The summed E-state index contributed by atoms with van der Waals surface area (Å²) in [4.78, 5) is 14.9. The van der Waals surface area contributed by atoms with Crippen molar-refractivity contribution in [1.29, 1.82) is 0 Å². The van der Waals surface area contributed by atoms with Crippen LogP contribution in [0.3, 0.4) is 0 Å². The summed E-state index contributed by atoms with van der Waals surface area (Å²) in [5, 5.41) is 1.01. The molecule has 1 aliphatic heterocycles. The predicted octanol–water partition coefficient (Wildman–Crippen LogP) is 3.88. The van der Waals surface area contributed by atoms with Crippen molar-refractivity contribution in [3.8, 4) is 0 Å². The van der Waals surface area contributed by atoms with E-state index >= 15 is 0 Å². The van der Waals surface area contributed by atoms with Gasteiger partial charge in [0.15, 0.2) is 5.76 Å². The number of furan rings is 1. The minimum absolute atomic E-state index is 0.124. The summed E-state index contributed by atoms with van der Waals surface area (Å²) < 4.78 is 5.71. The zero-order valence-corrected chi connectivity index (χ0v) is 12.3. The van der Waals surface area contributed by atoms with Gasteiger partial charge >= 0.3 is 0 Å². The van der Waals surface area contributed by atoms with Crippen LogP contribution in [0.2, 0.25) is 0 Å². The van der Waals surface area contributed by atoms with Crippen LogP contribution in [-0.2, 0) is 0 Å². The fourth-order valence-electron chi connectivity index (χ4n) is 4.14. The highest BCUT2D eigenvalue weighted by Crippen LogP contribution is 2.36. The van der Waals surface area contributed by atoms with Crippen LogP contribution in [0.25, 0.3) is 11.0 Å². The Hall–Kier alpha value is -1.61. The Morgan fingerprint density at radius 2 is 2.05 bits per heavy atom. The third kappa shape index (κ3) is 2.40. The van der Waals surface area contributed by atoms with Gasteiger partial charge < -0.3 is 4.42 Å². The maximum absolute atomic E-state index is 12.5. The molecule has 1 aliphatic carbocycles. The fraction of sp³-hybridized carbons (Fsp3) is 0.500. The van der Waals surface area contributed by atoms with Crippen LogP contribution in [0, 0.1) is 5.92 Å². The van der Waals surface area contributed by atoms with Gasteiger partial charge in [0.05, 0.1) is 6.54 Å². The number of piperidine rings is 1. The molecule has 1 saturated carbocycles. The molecule has 1 saturated heterocycles. The number of carbonyl (C=O) groups excluding carboxylic acids is 1. The first-order valence-electron chi connectivity index (χ1n) is 8.07. The third-order valence-electron chi connectivity index (χ3n) is 5.16. The molecule has 2 aromatic rings. The van der Waals surface area contributed by atoms with Gasteiger partial charge in [0.2, 0.25) is 5.78 Å². The maximum atomic E-state index is 12.5. The van der Waals surface area contributed by atoms with Gasteiger partial charge in [-0.15, -0.1) is 0 Å². The number of Topliss-reactive ketones (excluding diaryl/α,β-unsaturated/α-hetero) is 1. The number of ketones is 1. The third-order valence-corrected chi connectivity index (χ3v) is 5.16. The first-order chi connectivity index (χ1) is 10.3. The van der Waals surface area contributed by atoms with Crippen LogP contribution in [0.1, 0.15) is 42.7 Å². The van der Waals surface area contributed by atoms with E-state index in [1.807, 2.05) is 30.3 Å². The van der Waals surface area contributed by atoms with E-state index in [1.165, 1.54) is 32.1 Å². The zero-order valence-electron chi connectivity index (χ0n) is 12.3. The van der Waals surface area contributed by atoms with Crippen molar-refractivity contribution in [3.63, 3.8) is 0 Å². The lowest BCUT2D eigenvalue weighted by Gasteiger charge is -2.37. The van der Waals surface area contributed by atoms with Gasteiger partial charge in [-0.25, -0.2) is 0 Å². The Balaban J connectivity index is 1.52. The van der Waals surface area contributed by atoms with Gasteiger partial charge in [0.1, 0.15) is 5.58 Å². The summed E-state index contributed by atoms with van der Waals surface area (Å²) in [6.07, 6.45) is 6.51. The first kappa shape index (κ1) is 13.1. The molecular formula is C18H21NO2. The lowest BCUT2D eigenvalue weighted by molar-refractivity contribution is 0.0755. The van der Waals surface area contributed by atoms with E-state index in [0.717, 1.165) is 23.4 Å². The molecule has 2 fully saturated rings. The van der Waals surface area contributed by atoms with Crippen LogP contribution < -0.4 is 0 Å². The Labute approximate surface area is 124 Å². The van der Waals surface area contributed by atoms with Crippen molar-refractivity contribution in [3.05, 3.63) is 36.1 Å². The van der Waals surface area contributed by atoms with E-state index in [0.29, 0.717) is 18.3 Å². The molecular weight excluding hydrogens is 262 g/mol. The Kier molecular flexibility index (Phi) is 3.30. The number of fused-ring (bicyclic) bond motifs is 2. The molecule has 21 heavy (non-hydrogen) atoms. The van der Waals surface area contributed by atoms with E-state index in [1.54, 1.807) is 0 Å². The SMILES string of the molecule is O=C(CN1CCCC2CCCC21)c1cc2ccccc2o1. The van der Waals surface area contributed by atoms with Gasteiger partial charge in [-0.3, -0.25) is 9.69 Å². The molecule has 110 valence electrons. The Morgan fingerprint density at radius 3 is 2.95 bits per heavy atom. The molecule has 2 heterocycles. The summed E-state index contributed by atoms with van der Waals surface area (Å²) in [5.74, 6) is 1.46. The molecule has 3 nitrogen and oxygen atoms in total. The van der Waals surface area contributed by atoms with E-state index in [4.69, 9.17) is 4.42 Å². The number of hydrogen-bond donors (Lipinski definition) is 0. The van der Waals surface area contributed by atoms with Gasteiger partial charge in [-0.05, 0) is 50.3 Å². The minimum atomic E-state index is 0.124. The minimum Gasteiger partial charge on any atom is -0.453 e. The van der Waals surface area contributed by atoms with Crippen molar-refractivity contribution < 1.29 is 9.21 Å². The molecule has 1 aromatic carbocycles. The van der Waals surface area contributed by atoms with Gasteiger partial charge in [0, 0.05) is 11.4 Å². The average Bonchev–Trinajstić information content (AvgIpc) is 3.14. The van der Waals surface area contributed by atoms with E-state index in [-0.39, 0.29) is 5.78 Å². The molecule has 0 spiro atoms. The molecule has 0 radical (unpaired) electrons. The molecule has 0 bridgehead atoms. The highest BCUT2D eigenvalue weighted by atomic mass is 16.3. The largest absolute Gasteiger partial charge is 0.453 e. The van der Waals surface area contributed by atoms with Crippen molar-refractivity contribution in [1.82, 2.24) is 4.90 Å². The quantitative estimate of drug-likeness (QED) is 0.802. The van der Waals surface area contributed by atoms with Gasteiger partial charge in [0.25, 0.3) is 0 Å². The summed E-state index contributed by atoms with van der Waals surface area (Å²) in [5.41, 5.74) is 0.804. The van der Waals surface area contributed by atoms with Crippen LogP contribution in [0.5, 0.6) is 0 Å². The monoisotopic (exact) mass is 283 g/mol. The summed E-state index contributed by atoms with van der Waals surface area (Å²) in [7, 11) is 0. The highest BCUT2D eigenvalue weighted by molar-refractivity contribution is 5.98. The maximum Gasteiger partial charge on any atom is 0.211 e. The second-order valence-electron chi connectivity index (χ2n) is 6.44. The van der Waals surface area contributed by atoms with Crippen LogP contribution in [0.4, 0.5) is 0 Å². The van der Waals surface area contributed by atoms with Crippen LogP contribution in [-0.4, -0.2) is 29.8 Å². The summed E-state index contributed by atoms with van der Waals surface area (Å²) in [6.45, 7) is 1.58. The van der Waals surface area contributed by atoms with E-state index in [2.05, 4.69) is 4.90 Å². The smallest absolute Gasteiger partial charge is 0.211 e. The summed E-state index contributed by atoms with van der Waals surface area (Å²) >= 11 is 0. The zero-order chi connectivity index (χ0) is 14.2. The number of nitrogens with zero attached hydrogens (tertiary/aromatic N) is 1. The number of benzene rings is 1. The molecule has 2 aliphatic rings. The summed E-state index contributed by atoms with van der Waals surface area (Å²) in [6, 6.07) is 10.3. The molecule has 4 rings (SSSR count). The first-order valence-corrected chi connectivity index (χ1v) is 8.07. The highest BCUT2D eigenvalue weighted by Gasteiger charge is 2.35. The number of likely N-dealkylation sites (tertiary alicyclic amines) is 1. The number of carbonyl (C=O) groups is 1. The normalized spacial score (nSPS) is 26.1. The van der Waals surface area contributed by atoms with Crippen molar-refractivity contribution >= 4 is 16.8 Å². The van der Waals surface area contributed by atoms with Crippen molar-refractivity contribution in [2.75, 3.05) is 13.1 Å². The molecule has 2 unspecified atom stereocenters. The Bertz CT molecular complexity index is 627. The van der Waals surface area contributed by atoms with E-state index in [9.17, 15) is 4.79 Å². The predicted molar refractivity (Wildman–Crippen MR) is 82.5 cm³/mol. The Morgan fingerprint density at radius 1 is 1.19 bits per heavy atom. The second-order valence-corrected chi connectivity index (χ2v) is 6.44. The average molecular weight is 283 g/mol. The van der Waals surface area contributed by atoms with Crippen molar-refractivity contribution in [2.24, 2.45) is 5.92 Å². The molecule has 2 atom stereocenters. The van der Waals surface area contributed by atoms with Crippen LogP contribution >= 0.6 is 0 Å². The van der Waals surface area contributed by atoms with Gasteiger partial charge in [-0.2, -0.15) is 0 Å². The number of para-hydroxylation sites is 1. The molecule has 0 N–H and O–H groups in total. The lowest BCUT2D eigenvalue weighted by atomic mass is 9.92. The second kappa shape index (κ2) is 5.30. The molecule has 1 aromatic heterocycles.